The summed E-state index contributed by atoms with van der Waals surface area (Å²) in [7, 11) is 0. The van der Waals surface area contributed by atoms with E-state index in [9.17, 15) is 18.0 Å². The van der Waals surface area contributed by atoms with Crippen molar-refractivity contribution in [2.24, 2.45) is 0 Å². The minimum Gasteiger partial charge on any atom is -0.322 e. The van der Waals surface area contributed by atoms with Crippen molar-refractivity contribution < 1.29 is 18.0 Å². The molecule has 21 heavy (non-hydrogen) atoms. The Morgan fingerprint density at radius 3 is 2.81 bits per heavy atom. The summed E-state index contributed by atoms with van der Waals surface area (Å²) in [6.45, 7) is 1.39. The molecule has 116 valence electrons. The molecule has 1 N–H and O–H groups in total. The fraction of sp³-hybridized carbons (Fsp3) is 0.583. The maximum absolute atomic E-state index is 12.4. The number of amides is 2. The first kappa shape index (κ1) is 15.5. The molecule has 1 atom stereocenters. The maximum Gasteiger partial charge on any atom is 0.401 e. The number of nitrogens with zero attached hydrogens (tertiary/aromatic N) is 4. The quantitative estimate of drug-likeness (QED) is 0.901. The van der Waals surface area contributed by atoms with E-state index in [1.807, 2.05) is 0 Å². The molecule has 1 aliphatic heterocycles. The Labute approximate surface area is 119 Å². The van der Waals surface area contributed by atoms with E-state index in [0.29, 0.717) is 5.82 Å². The average Bonchev–Trinajstić information content (AvgIpc) is 2.40. The lowest BCUT2D eigenvalue weighted by molar-refractivity contribution is -0.153. The monoisotopic (exact) mass is 303 g/mol. The zero-order valence-electron chi connectivity index (χ0n) is 11.5. The SMILES string of the molecule is C[C@H]1CN(C(=O)Nc2cccnn2)CCN1CC(F)(F)F. The molecular weight excluding hydrogens is 287 g/mol. The van der Waals surface area contributed by atoms with Crippen LogP contribution in [0.15, 0.2) is 18.3 Å². The molecule has 1 aliphatic rings. The van der Waals surface area contributed by atoms with Crippen molar-refractivity contribution >= 4 is 11.8 Å². The Hall–Kier alpha value is -1.90. The number of aromatic nitrogens is 2. The molecule has 0 saturated carbocycles. The van der Waals surface area contributed by atoms with Gasteiger partial charge in [0.05, 0.1) is 6.54 Å². The lowest BCUT2D eigenvalue weighted by atomic mass is 10.2. The van der Waals surface area contributed by atoms with Crippen LogP contribution in [-0.4, -0.2) is 64.4 Å². The van der Waals surface area contributed by atoms with Crippen molar-refractivity contribution in [2.75, 3.05) is 31.5 Å². The van der Waals surface area contributed by atoms with Crippen LogP contribution in [0.1, 0.15) is 6.92 Å². The molecule has 1 fully saturated rings. The van der Waals surface area contributed by atoms with E-state index in [2.05, 4.69) is 15.5 Å². The number of rotatable bonds is 2. The van der Waals surface area contributed by atoms with Crippen molar-refractivity contribution in [1.29, 1.82) is 0 Å². The van der Waals surface area contributed by atoms with Gasteiger partial charge < -0.3 is 4.90 Å². The largest absolute Gasteiger partial charge is 0.401 e. The van der Waals surface area contributed by atoms with Crippen molar-refractivity contribution in [3.63, 3.8) is 0 Å². The lowest BCUT2D eigenvalue weighted by Crippen LogP contribution is -2.56. The molecule has 0 radical (unpaired) electrons. The molecule has 2 heterocycles. The third-order valence-corrected chi connectivity index (χ3v) is 3.24. The second-order valence-corrected chi connectivity index (χ2v) is 4.92. The third kappa shape index (κ3) is 4.55. The van der Waals surface area contributed by atoms with Gasteiger partial charge >= 0.3 is 12.2 Å². The topological polar surface area (TPSA) is 61.4 Å². The lowest BCUT2D eigenvalue weighted by Gasteiger charge is -2.39. The Bertz CT molecular complexity index is 482. The van der Waals surface area contributed by atoms with Gasteiger partial charge in [-0.2, -0.15) is 18.3 Å². The zero-order chi connectivity index (χ0) is 15.5. The first-order valence-electron chi connectivity index (χ1n) is 6.49. The molecule has 9 heteroatoms. The highest BCUT2D eigenvalue weighted by Crippen LogP contribution is 2.20. The van der Waals surface area contributed by atoms with E-state index >= 15 is 0 Å². The van der Waals surface area contributed by atoms with Crippen LogP contribution in [-0.2, 0) is 0 Å². The van der Waals surface area contributed by atoms with Gasteiger partial charge in [0.1, 0.15) is 0 Å². The molecule has 0 aromatic carbocycles. The highest BCUT2D eigenvalue weighted by molar-refractivity contribution is 5.88. The Kier molecular flexibility index (Phi) is 4.61. The van der Waals surface area contributed by atoms with Crippen LogP contribution in [0.25, 0.3) is 0 Å². The molecule has 1 aromatic heterocycles. The van der Waals surface area contributed by atoms with Crippen LogP contribution in [0.2, 0.25) is 0 Å². The van der Waals surface area contributed by atoms with Crippen molar-refractivity contribution in [2.45, 2.75) is 19.1 Å². The number of alkyl halides is 3. The summed E-state index contributed by atoms with van der Waals surface area (Å²) >= 11 is 0. The minimum absolute atomic E-state index is 0.189. The zero-order valence-corrected chi connectivity index (χ0v) is 11.5. The van der Waals surface area contributed by atoms with Gasteiger partial charge in [-0.3, -0.25) is 10.2 Å². The van der Waals surface area contributed by atoms with Gasteiger partial charge in [0, 0.05) is 31.9 Å². The summed E-state index contributed by atoms with van der Waals surface area (Å²) in [5.74, 6) is 0.313. The molecule has 2 amide bonds. The number of anilines is 1. The van der Waals surface area contributed by atoms with Gasteiger partial charge in [-0.05, 0) is 19.1 Å². The maximum atomic E-state index is 12.4. The van der Waals surface area contributed by atoms with Gasteiger partial charge in [-0.15, -0.1) is 5.10 Å². The summed E-state index contributed by atoms with van der Waals surface area (Å²) < 4.78 is 37.2. The van der Waals surface area contributed by atoms with Crippen molar-refractivity contribution in [3.05, 3.63) is 18.3 Å². The molecule has 1 saturated heterocycles. The van der Waals surface area contributed by atoms with Gasteiger partial charge in [-0.25, -0.2) is 4.79 Å². The molecule has 0 aliphatic carbocycles. The number of hydrogen-bond acceptors (Lipinski definition) is 4. The van der Waals surface area contributed by atoms with Gasteiger partial charge in [0.25, 0.3) is 0 Å². The van der Waals surface area contributed by atoms with E-state index in [0.717, 1.165) is 0 Å². The van der Waals surface area contributed by atoms with Crippen molar-refractivity contribution in [3.8, 4) is 0 Å². The van der Waals surface area contributed by atoms with E-state index in [1.165, 1.54) is 16.0 Å². The van der Waals surface area contributed by atoms with E-state index in [4.69, 9.17) is 0 Å². The molecule has 6 nitrogen and oxygen atoms in total. The van der Waals surface area contributed by atoms with Crippen LogP contribution in [0, 0.1) is 0 Å². The summed E-state index contributed by atoms with van der Waals surface area (Å²) in [6.07, 6.45) is -2.74. The molecule has 0 bridgehead atoms. The number of carbonyl (C=O) groups is 1. The second-order valence-electron chi connectivity index (χ2n) is 4.92. The van der Waals surface area contributed by atoms with Gasteiger partial charge in [-0.1, -0.05) is 0 Å². The summed E-state index contributed by atoms with van der Waals surface area (Å²) in [6, 6.07) is 2.49. The summed E-state index contributed by atoms with van der Waals surface area (Å²) in [5, 5.41) is 9.93. The molecular formula is C12H16F3N5O. The smallest absolute Gasteiger partial charge is 0.322 e. The second kappa shape index (κ2) is 6.25. The Morgan fingerprint density at radius 1 is 1.48 bits per heavy atom. The number of urea groups is 1. The summed E-state index contributed by atoms with van der Waals surface area (Å²) in [5.41, 5.74) is 0. The molecule has 0 spiro atoms. The van der Waals surface area contributed by atoms with E-state index in [-0.39, 0.29) is 31.7 Å². The van der Waals surface area contributed by atoms with Crippen LogP contribution in [0.4, 0.5) is 23.8 Å². The normalized spacial score (nSPS) is 20.4. The first-order chi connectivity index (χ1) is 9.85. The summed E-state index contributed by atoms with van der Waals surface area (Å²) in [4.78, 5) is 14.8. The van der Waals surface area contributed by atoms with Crippen LogP contribution >= 0.6 is 0 Å². The van der Waals surface area contributed by atoms with Crippen LogP contribution in [0.3, 0.4) is 0 Å². The minimum atomic E-state index is -4.22. The van der Waals surface area contributed by atoms with Gasteiger partial charge in [0.15, 0.2) is 5.82 Å². The first-order valence-corrected chi connectivity index (χ1v) is 6.49. The molecule has 2 rings (SSSR count). The number of hydrogen-bond donors (Lipinski definition) is 1. The van der Waals surface area contributed by atoms with Crippen molar-refractivity contribution in [1.82, 2.24) is 20.0 Å². The number of carbonyl (C=O) groups excluding carboxylic acids is 1. The Morgan fingerprint density at radius 2 is 2.24 bits per heavy atom. The average molecular weight is 303 g/mol. The van der Waals surface area contributed by atoms with Crippen LogP contribution < -0.4 is 5.32 Å². The predicted molar refractivity (Wildman–Crippen MR) is 69.7 cm³/mol. The molecule has 1 aromatic rings. The van der Waals surface area contributed by atoms with Gasteiger partial charge in [0.2, 0.25) is 0 Å². The van der Waals surface area contributed by atoms with Crippen LogP contribution in [0.5, 0.6) is 0 Å². The third-order valence-electron chi connectivity index (χ3n) is 3.24. The Balaban J connectivity index is 1.88. The number of halogens is 3. The molecule has 0 unspecified atom stereocenters. The standard InChI is InChI=1S/C12H16F3N5O/c1-9-7-19(5-6-20(9)8-12(13,14)15)11(21)17-10-3-2-4-16-18-10/h2-4,9H,5-8H2,1H3,(H,17,18,21)/t9-/m0/s1. The fourth-order valence-electron chi connectivity index (χ4n) is 2.20. The predicted octanol–water partition coefficient (Wildman–Crippen LogP) is 1.58. The number of nitrogens with one attached hydrogen (secondary N) is 1. The highest BCUT2D eigenvalue weighted by Gasteiger charge is 2.35. The number of piperazine rings is 1. The van der Waals surface area contributed by atoms with E-state index < -0.39 is 12.7 Å². The fourth-order valence-corrected chi connectivity index (χ4v) is 2.20. The highest BCUT2D eigenvalue weighted by atomic mass is 19.4. The van der Waals surface area contributed by atoms with E-state index in [1.54, 1.807) is 19.1 Å².